The molecule has 0 saturated heterocycles. The van der Waals surface area contributed by atoms with Crippen LogP contribution in [0.3, 0.4) is 0 Å². The molecule has 3 N–H and O–H groups in total. The summed E-state index contributed by atoms with van der Waals surface area (Å²) in [6.45, 7) is 0. The van der Waals surface area contributed by atoms with Gasteiger partial charge in [0, 0.05) is 17.8 Å². The second kappa shape index (κ2) is 4.91. The van der Waals surface area contributed by atoms with Crippen molar-refractivity contribution < 1.29 is 13.5 Å². The van der Waals surface area contributed by atoms with E-state index in [2.05, 4.69) is 5.32 Å². The Labute approximate surface area is 103 Å². The Bertz CT molecular complexity index is 556. The van der Waals surface area contributed by atoms with Crippen LogP contribution in [-0.2, 0) is 0 Å². The Morgan fingerprint density at radius 3 is 2.39 bits per heavy atom. The highest BCUT2D eigenvalue weighted by atomic mass is 19.1. The van der Waals surface area contributed by atoms with Crippen molar-refractivity contribution in [1.29, 1.82) is 0 Å². The third-order valence-electron chi connectivity index (χ3n) is 2.45. The minimum atomic E-state index is -0.528. The lowest BCUT2D eigenvalue weighted by Gasteiger charge is -2.11. The summed E-state index contributed by atoms with van der Waals surface area (Å²) < 4.78 is 31.0. The van der Waals surface area contributed by atoms with Crippen molar-refractivity contribution in [2.24, 2.45) is 0 Å². The van der Waals surface area contributed by atoms with E-state index in [1.54, 1.807) is 12.1 Å². The molecule has 0 aliphatic rings. The summed E-state index contributed by atoms with van der Waals surface area (Å²) in [6.07, 6.45) is 0. The third kappa shape index (κ3) is 2.51. The van der Waals surface area contributed by atoms with Crippen LogP contribution < -0.4 is 15.8 Å². The fourth-order valence-corrected chi connectivity index (χ4v) is 1.52. The average molecular weight is 250 g/mol. The molecule has 0 amide bonds. The molecular formula is C13H12F2N2O. The molecule has 0 radical (unpaired) electrons. The van der Waals surface area contributed by atoms with E-state index in [0.29, 0.717) is 11.4 Å². The molecular weight excluding hydrogens is 238 g/mol. The van der Waals surface area contributed by atoms with Crippen LogP contribution in [0.25, 0.3) is 0 Å². The SMILES string of the molecule is COc1cc(Nc2ccc(F)cc2)c(N)cc1F. The van der Waals surface area contributed by atoms with Crippen LogP contribution in [0.15, 0.2) is 36.4 Å². The van der Waals surface area contributed by atoms with Gasteiger partial charge < -0.3 is 15.8 Å². The van der Waals surface area contributed by atoms with Gasteiger partial charge >= 0.3 is 0 Å². The number of halogens is 2. The van der Waals surface area contributed by atoms with Crippen LogP contribution in [0.2, 0.25) is 0 Å². The fourth-order valence-electron chi connectivity index (χ4n) is 1.52. The molecule has 5 heteroatoms. The molecule has 0 fully saturated rings. The second-order valence-corrected chi connectivity index (χ2v) is 3.71. The first-order valence-electron chi connectivity index (χ1n) is 5.26. The molecule has 0 aliphatic heterocycles. The standard InChI is InChI=1S/C13H12F2N2O/c1-18-13-7-12(11(16)6-10(13)15)17-9-4-2-8(14)3-5-9/h2-7,17H,16H2,1H3. The first-order valence-corrected chi connectivity index (χ1v) is 5.26. The molecule has 0 atom stereocenters. The van der Waals surface area contributed by atoms with Gasteiger partial charge in [-0.1, -0.05) is 0 Å². The lowest BCUT2D eigenvalue weighted by Crippen LogP contribution is -1.99. The van der Waals surface area contributed by atoms with E-state index >= 15 is 0 Å². The van der Waals surface area contributed by atoms with Crippen LogP contribution in [0, 0.1) is 11.6 Å². The Balaban J connectivity index is 2.31. The monoisotopic (exact) mass is 250 g/mol. The van der Waals surface area contributed by atoms with E-state index in [-0.39, 0.29) is 17.3 Å². The number of ether oxygens (including phenoxy) is 1. The molecule has 18 heavy (non-hydrogen) atoms. The van der Waals surface area contributed by atoms with Crippen molar-refractivity contribution in [2.75, 3.05) is 18.2 Å². The predicted molar refractivity (Wildman–Crippen MR) is 67.0 cm³/mol. The molecule has 0 spiro atoms. The average Bonchev–Trinajstić information content (AvgIpc) is 2.35. The van der Waals surface area contributed by atoms with Crippen molar-refractivity contribution in [3.63, 3.8) is 0 Å². The van der Waals surface area contributed by atoms with Gasteiger partial charge in [-0.25, -0.2) is 8.78 Å². The second-order valence-electron chi connectivity index (χ2n) is 3.71. The lowest BCUT2D eigenvalue weighted by atomic mass is 10.2. The Morgan fingerprint density at radius 1 is 1.11 bits per heavy atom. The van der Waals surface area contributed by atoms with E-state index in [4.69, 9.17) is 10.5 Å². The molecule has 0 bridgehead atoms. The van der Waals surface area contributed by atoms with Crippen molar-refractivity contribution in [1.82, 2.24) is 0 Å². The van der Waals surface area contributed by atoms with Crippen LogP contribution >= 0.6 is 0 Å². The summed E-state index contributed by atoms with van der Waals surface area (Å²) in [5.41, 5.74) is 7.09. The number of nitrogen functional groups attached to an aromatic ring is 1. The summed E-state index contributed by atoms with van der Waals surface area (Å²) in [6, 6.07) is 8.38. The number of hydrogen-bond donors (Lipinski definition) is 2. The summed E-state index contributed by atoms with van der Waals surface area (Å²) in [5, 5.41) is 2.96. The largest absolute Gasteiger partial charge is 0.494 e. The summed E-state index contributed by atoms with van der Waals surface area (Å²) >= 11 is 0. The van der Waals surface area contributed by atoms with E-state index in [9.17, 15) is 8.78 Å². The predicted octanol–water partition coefficient (Wildman–Crippen LogP) is 3.30. The third-order valence-corrected chi connectivity index (χ3v) is 2.45. The zero-order chi connectivity index (χ0) is 13.1. The summed E-state index contributed by atoms with van der Waals surface area (Å²) in [7, 11) is 1.37. The van der Waals surface area contributed by atoms with Crippen LogP contribution in [0.5, 0.6) is 5.75 Å². The number of methoxy groups -OCH3 is 1. The van der Waals surface area contributed by atoms with E-state index in [1.165, 1.54) is 31.4 Å². The number of anilines is 3. The number of rotatable bonds is 3. The number of nitrogens with one attached hydrogen (secondary N) is 1. The molecule has 0 unspecified atom stereocenters. The number of nitrogens with two attached hydrogens (primary N) is 1. The van der Waals surface area contributed by atoms with Crippen molar-refractivity contribution in [2.45, 2.75) is 0 Å². The van der Waals surface area contributed by atoms with Gasteiger partial charge in [-0.3, -0.25) is 0 Å². The topological polar surface area (TPSA) is 47.3 Å². The van der Waals surface area contributed by atoms with Crippen molar-refractivity contribution in [3.8, 4) is 5.75 Å². The van der Waals surface area contributed by atoms with Gasteiger partial charge in [0.15, 0.2) is 11.6 Å². The summed E-state index contributed by atoms with van der Waals surface area (Å²) in [5.74, 6) is -0.765. The van der Waals surface area contributed by atoms with Gasteiger partial charge in [-0.2, -0.15) is 0 Å². The molecule has 0 aromatic heterocycles. The molecule has 3 nitrogen and oxygen atoms in total. The molecule has 0 heterocycles. The van der Waals surface area contributed by atoms with Crippen LogP contribution in [0.1, 0.15) is 0 Å². The van der Waals surface area contributed by atoms with Gasteiger partial charge in [-0.15, -0.1) is 0 Å². The van der Waals surface area contributed by atoms with Crippen molar-refractivity contribution in [3.05, 3.63) is 48.0 Å². The maximum absolute atomic E-state index is 13.3. The van der Waals surface area contributed by atoms with E-state index < -0.39 is 5.82 Å². The molecule has 0 aliphatic carbocycles. The number of hydrogen-bond acceptors (Lipinski definition) is 3. The minimum Gasteiger partial charge on any atom is -0.494 e. The molecule has 2 aromatic carbocycles. The fraction of sp³-hybridized carbons (Fsp3) is 0.0769. The van der Waals surface area contributed by atoms with Crippen LogP contribution in [0.4, 0.5) is 25.8 Å². The molecule has 94 valence electrons. The Hall–Kier alpha value is -2.30. The van der Waals surface area contributed by atoms with Gasteiger partial charge in [-0.05, 0) is 24.3 Å². The van der Waals surface area contributed by atoms with Crippen LogP contribution in [-0.4, -0.2) is 7.11 Å². The van der Waals surface area contributed by atoms with Gasteiger partial charge in [0.05, 0.1) is 18.5 Å². The Kier molecular flexibility index (Phi) is 3.32. The molecule has 0 saturated carbocycles. The van der Waals surface area contributed by atoms with Gasteiger partial charge in [0.1, 0.15) is 5.82 Å². The lowest BCUT2D eigenvalue weighted by molar-refractivity contribution is 0.387. The highest BCUT2D eigenvalue weighted by Gasteiger charge is 2.08. The van der Waals surface area contributed by atoms with Gasteiger partial charge in [0.25, 0.3) is 0 Å². The quantitative estimate of drug-likeness (QED) is 0.822. The maximum atomic E-state index is 13.3. The maximum Gasteiger partial charge on any atom is 0.167 e. The number of benzene rings is 2. The summed E-state index contributed by atoms with van der Waals surface area (Å²) in [4.78, 5) is 0. The zero-order valence-corrected chi connectivity index (χ0v) is 9.71. The first-order chi connectivity index (χ1) is 8.60. The van der Waals surface area contributed by atoms with Gasteiger partial charge in [0.2, 0.25) is 0 Å². The zero-order valence-electron chi connectivity index (χ0n) is 9.71. The van der Waals surface area contributed by atoms with E-state index in [0.717, 1.165) is 0 Å². The first kappa shape index (κ1) is 12.2. The van der Waals surface area contributed by atoms with Crippen molar-refractivity contribution >= 4 is 17.1 Å². The highest BCUT2D eigenvalue weighted by molar-refractivity contribution is 5.74. The van der Waals surface area contributed by atoms with E-state index in [1.807, 2.05) is 0 Å². The minimum absolute atomic E-state index is 0.0915. The normalized spacial score (nSPS) is 10.2. The smallest absolute Gasteiger partial charge is 0.167 e. The Morgan fingerprint density at radius 2 is 1.78 bits per heavy atom. The molecule has 2 aromatic rings. The highest BCUT2D eigenvalue weighted by Crippen LogP contribution is 2.30. The molecule has 2 rings (SSSR count).